The Hall–Kier alpha value is -5.74. The van der Waals surface area contributed by atoms with Gasteiger partial charge in [-0.05, 0) is 60.9 Å². The summed E-state index contributed by atoms with van der Waals surface area (Å²) in [6.45, 7) is 2.77. The highest BCUT2D eigenvalue weighted by atomic mass is 15.4. The van der Waals surface area contributed by atoms with E-state index in [2.05, 4.69) is 59.6 Å². The Kier molecular flexibility index (Phi) is 7.09. The third-order valence-corrected chi connectivity index (χ3v) is 7.74. The second kappa shape index (κ2) is 11.5. The summed E-state index contributed by atoms with van der Waals surface area (Å²) in [6.07, 6.45) is 6.95. The van der Waals surface area contributed by atoms with Gasteiger partial charge in [0.15, 0.2) is 11.5 Å². The van der Waals surface area contributed by atoms with Gasteiger partial charge in [0.1, 0.15) is 28.9 Å². The second-order valence-electron chi connectivity index (χ2n) is 10.7. The van der Waals surface area contributed by atoms with Crippen LogP contribution in [0.1, 0.15) is 24.2 Å². The van der Waals surface area contributed by atoms with Gasteiger partial charge in [-0.3, -0.25) is 9.47 Å². The molecular formula is C31H29N13. The zero-order valence-electron chi connectivity index (χ0n) is 24.0. The van der Waals surface area contributed by atoms with Crippen LogP contribution in [0.2, 0.25) is 0 Å². The van der Waals surface area contributed by atoms with Gasteiger partial charge in [-0.2, -0.15) is 20.3 Å². The highest BCUT2D eigenvalue weighted by molar-refractivity contribution is 5.84. The molecule has 6 aromatic rings. The van der Waals surface area contributed by atoms with Crippen molar-refractivity contribution in [2.24, 2.45) is 7.05 Å². The lowest BCUT2D eigenvalue weighted by Gasteiger charge is -2.32. The number of rotatable bonds is 7. The molecule has 3 N–H and O–H groups in total. The van der Waals surface area contributed by atoms with E-state index in [9.17, 15) is 0 Å². The number of anilines is 2. The number of aryl methyl sites for hydroxylation is 1. The lowest BCUT2D eigenvalue weighted by Crippen LogP contribution is -2.38. The number of likely N-dealkylation sites (tertiary alicyclic amines) is 1. The van der Waals surface area contributed by atoms with E-state index in [1.807, 2.05) is 34.9 Å². The molecule has 44 heavy (non-hydrogen) atoms. The Morgan fingerprint density at radius 2 is 1.80 bits per heavy atom. The maximum Gasteiger partial charge on any atom is 0.234 e. The number of hydrogen-bond donors (Lipinski definition) is 2. The Bertz CT molecular complexity index is 1980. The normalized spacial score (nSPS) is 14.1. The van der Waals surface area contributed by atoms with Crippen molar-refractivity contribution in [1.82, 2.24) is 49.4 Å². The van der Waals surface area contributed by atoms with E-state index in [1.54, 1.807) is 31.7 Å². The SMILES string of the molecule is Cn1ncc(-c2ccc3nc(-c4cccnc4N)n(-c4ccc(CN5CCC(Nc6ccnc(C#N)n6)CC5)cc4)c3n2)n1. The number of nitrogen functional groups attached to an aromatic ring is 1. The summed E-state index contributed by atoms with van der Waals surface area (Å²) in [5.74, 6) is 1.95. The van der Waals surface area contributed by atoms with E-state index in [1.165, 1.54) is 10.4 Å². The molecule has 0 amide bonds. The average Bonchev–Trinajstić information content (AvgIpc) is 3.66. The van der Waals surface area contributed by atoms with Crippen LogP contribution < -0.4 is 11.1 Å². The third-order valence-electron chi connectivity index (χ3n) is 7.74. The molecule has 0 radical (unpaired) electrons. The molecule has 0 aliphatic carbocycles. The smallest absolute Gasteiger partial charge is 0.234 e. The lowest BCUT2D eigenvalue weighted by atomic mass is 10.0. The second-order valence-corrected chi connectivity index (χ2v) is 10.7. The molecule has 1 aromatic carbocycles. The average molecular weight is 584 g/mol. The van der Waals surface area contributed by atoms with Crippen molar-refractivity contribution in [1.29, 1.82) is 5.26 Å². The zero-order chi connectivity index (χ0) is 30.0. The van der Waals surface area contributed by atoms with Crippen LogP contribution in [0, 0.1) is 11.3 Å². The summed E-state index contributed by atoms with van der Waals surface area (Å²) in [5, 5.41) is 21.1. The largest absolute Gasteiger partial charge is 0.383 e. The summed E-state index contributed by atoms with van der Waals surface area (Å²) in [7, 11) is 1.78. The van der Waals surface area contributed by atoms with Crippen molar-refractivity contribution in [2.45, 2.75) is 25.4 Å². The first-order chi connectivity index (χ1) is 21.5. The fourth-order valence-electron chi connectivity index (χ4n) is 5.54. The van der Waals surface area contributed by atoms with Crippen LogP contribution in [-0.2, 0) is 13.6 Å². The van der Waals surface area contributed by atoms with Gasteiger partial charge in [0.25, 0.3) is 0 Å². The monoisotopic (exact) mass is 583 g/mol. The number of aromatic nitrogens is 9. The van der Waals surface area contributed by atoms with E-state index in [0.29, 0.717) is 40.5 Å². The number of nitriles is 1. The number of fused-ring (bicyclic) bond motifs is 1. The van der Waals surface area contributed by atoms with Crippen molar-refractivity contribution in [2.75, 3.05) is 24.1 Å². The molecule has 0 spiro atoms. The predicted octanol–water partition coefficient (Wildman–Crippen LogP) is 3.60. The topological polar surface area (TPSA) is 165 Å². The predicted molar refractivity (Wildman–Crippen MR) is 165 cm³/mol. The van der Waals surface area contributed by atoms with E-state index in [0.717, 1.165) is 49.2 Å². The molecule has 0 atom stereocenters. The maximum atomic E-state index is 9.06. The summed E-state index contributed by atoms with van der Waals surface area (Å²) in [6, 6.07) is 20.2. The molecule has 13 heteroatoms. The summed E-state index contributed by atoms with van der Waals surface area (Å²) in [4.78, 5) is 26.3. The van der Waals surface area contributed by atoms with Crippen LogP contribution in [0.25, 0.3) is 39.6 Å². The summed E-state index contributed by atoms with van der Waals surface area (Å²) < 4.78 is 2.02. The third kappa shape index (κ3) is 5.41. The van der Waals surface area contributed by atoms with E-state index >= 15 is 0 Å². The van der Waals surface area contributed by atoms with Gasteiger partial charge in [-0.1, -0.05) is 12.1 Å². The van der Waals surface area contributed by atoms with Gasteiger partial charge in [0, 0.05) is 50.8 Å². The fraction of sp³-hybridized carbons (Fsp3) is 0.226. The van der Waals surface area contributed by atoms with Crippen molar-refractivity contribution in [3.05, 3.63) is 84.6 Å². The first-order valence-electron chi connectivity index (χ1n) is 14.3. The lowest BCUT2D eigenvalue weighted by molar-refractivity contribution is 0.211. The van der Waals surface area contributed by atoms with Crippen LogP contribution in [0.5, 0.6) is 0 Å². The van der Waals surface area contributed by atoms with E-state index < -0.39 is 0 Å². The van der Waals surface area contributed by atoms with E-state index in [4.69, 9.17) is 21.0 Å². The van der Waals surface area contributed by atoms with Crippen molar-refractivity contribution in [3.63, 3.8) is 0 Å². The van der Waals surface area contributed by atoms with Crippen LogP contribution in [0.3, 0.4) is 0 Å². The Morgan fingerprint density at radius 1 is 0.955 bits per heavy atom. The number of nitrogens with two attached hydrogens (primary N) is 1. The molecule has 6 heterocycles. The van der Waals surface area contributed by atoms with Gasteiger partial charge >= 0.3 is 0 Å². The number of pyridine rings is 2. The Morgan fingerprint density at radius 3 is 2.55 bits per heavy atom. The minimum Gasteiger partial charge on any atom is -0.383 e. The summed E-state index contributed by atoms with van der Waals surface area (Å²) in [5.41, 5.74) is 12.0. The molecule has 1 aliphatic rings. The molecule has 1 fully saturated rings. The van der Waals surface area contributed by atoms with Crippen LogP contribution in [0.15, 0.2) is 73.2 Å². The molecule has 0 unspecified atom stereocenters. The molecule has 7 rings (SSSR count). The zero-order valence-corrected chi connectivity index (χ0v) is 24.0. The highest BCUT2D eigenvalue weighted by Gasteiger charge is 2.21. The molecule has 1 aliphatic heterocycles. The number of nitrogens with one attached hydrogen (secondary N) is 1. The molecule has 1 saturated heterocycles. The number of piperidine rings is 1. The van der Waals surface area contributed by atoms with Gasteiger partial charge in [0.05, 0.1) is 17.5 Å². The Balaban J connectivity index is 1.13. The van der Waals surface area contributed by atoms with Gasteiger partial charge in [-0.15, -0.1) is 0 Å². The quantitative estimate of drug-likeness (QED) is 0.282. The number of hydrogen-bond acceptors (Lipinski definition) is 11. The first kappa shape index (κ1) is 27.1. The number of nitrogens with zero attached hydrogens (tertiary/aromatic N) is 11. The Labute approximate surface area is 253 Å². The highest BCUT2D eigenvalue weighted by Crippen LogP contribution is 2.31. The van der Waals surface area contributed by atoms with Crippen molar-refractivity contribution < 1.29 is 0 Å². The number of benzene rings is 1. The maximum absolute atomic E-state index is 9.06. The number of imidazole rings is 1. The van der Waals surface area contributed by atoms with E-state index in [-0.39, 0.29) is 5.82 Å². The van der Waals surface area contributed by atoms with Gasteiger partial charge in [0.2, 0.25) is 5.82 Å². The minimum atomic E-state index is 0.178. The van der Waals surface area contributed by atoms with Crippen LogP contribution in [0.4, 0.5) is 11.6 Å². The van der Waals surface area contributed by atoms with Crippen molar-refractivity contribution >= 4 is 22.8 Å². The molecule has 218 valence electrons. The molecule has 0 bridgehead atoms. The summed E-state index contributed by atoms with van der Waals surface area (Å²) >= 11 is 0. The van der Waals surface area contributed by atoms with Crippen molar-refractivity contribution in [3.8, 4) is 34.5 Å². The molecule has 13 nitrogen and oxygen atoms in total. The van der Waals surface area contributed by atoms with Crippen LogP contribution in [-0.4, -0.2) is 68.5 Å². The standard InChI is InChI=1S/C31H29N13/c1-42-36-18-26(41-42)24-8-9-25-31(38-24)44(30(39-25)23-3-2-13-35-29(23)33)22-6-4-20(5-7-22)19-43-15-11-21(12-16-43)37-27-10-14-34-28(17-32)40-27/h2-10,13-14,18,21H,11-12,15-16,19H2,1H3,(H2,33,35)(H,34,37,40). The minimum absolute atomic E-state index is 0.178. The molecule has 0 saturated carbocycles. The van der Waals surface area contributed by atoms with Gasteiger partial charge in [-0.25, -0.2) is 24.9 Å². The van der Waals surface area contributed by atoms with Crippen LogP contribution >= 0.6 is 0 Å². The van der Waals surface area contributed by atoms with Gasteiger partial charge < -0.3 is 11.1 Å². The fourth-order valence-corrected chi connectivity index (χ4v) is 5.54. The first-order valence-corrected chi connectivity index (χ1v) is 14.3. The molecule has 5 aromatic heterocycles. The molecular weight excluding hydrogens is 554 g/mol.